The van der Waals surface area contributed by atoms with E-state index in [-0.39, 0.29) is 5.54 Å². The molecule has 20 heavy (non-hydrogen) atoms. The van der Waals surface area contributed by atoms with Crippen LogP contribution in [0.2, 0.25) is 0 Å². The van der Waals surface area contributed by atoms with E-state index >= 15 is 0 Å². The van der Waals surface area contributed by atoms with E-state index in [1.54, 1.807) is 0 Å². The van der Waals surface area contributed by atoms with Crippen LogP contribution in [-0.4, -0.2) is 36.6 Å². The summed E-state index contributed by atoms with van der Waals surface area (Å²) in [4.78, 5) is 2.74. The van der Waals surface area contributed by atoms with Gasteiger partial charge in [-0.2, -0.15) is 0 Å². The van der Waals surface area contributed by atoms with Crippen LogP contribution in [0.15, 0.2) is 0 Å². The molecule has 0 amide bonds. The van der Waals surface area contributed by atoms with Gasteiger partial charge in [-0.3, -0.25) is 0 Å². The fraction of sp³-hybridized carbons (Fsp3) is 1.00. The Morgan fingerprint density at radius 2 is 1.90 bits per heavy atom. The van der Waals surface area contributed by atoms with Crippen molar-refractivity contribution < 1.29 is 0 Å². The summed E-state index contributed by atoms with van der Waals surface area (Å²) in [7, 11) is 0. The van der Waals surface area contributed by atoms with Crippen LogP contribution in [0.25, 0.3) is 0 Å². The van der Waals surface area contributed by atoms with E-state index in [1.807, 2.05) is 0 Å². The molecular weight excluding hydrogens is 244 g/mol. The van der Waals surface area contributed by atoms with Crippen molar-refractivity contribution in [2.75, 3.05) is 26.2 Å². The van der Waals surface area contributed by atoms with E-state index < -0.39 is 0 Å². The average Bonchev–Trinajstić information content (AvgIpc) is 2.71. The maximum Gasteiger partial charge on any atom is 0.00967 e. The molecule has 1 aliphatic heterocycles. The second-order valence-electron chi connectivity index (χ2n) is 8.93. The van der Waals surface area contributed by atoms with Gasteiger partial charge in [-0.25, -0.2) is 0 Å². The monoisotopic (exact) mass is 280 g/mol. The highest BCUT2D eigenvalue weighted by Gasteiger charge is 2.38. The average molecular weight is 280 g/mol. The van der Waals surface area contributed by atoms with Crippen LogP contribution >= 0.6 is 0 Å². The normalized spacial score (nSPS) is 36.5. The molecule has 2 rings (SSSR count). The van der Waals surface area contributed by atoms with Gasteiger partial charge in [0.1, 0.15) is 0 Å². The Labute approximate surface area is 126 Å². The first kappa shape index (κ1) is 16.3. The van der Waals surface area contributed by atoms with Crippen LogP contribution in [0.1, 0.15) is 66.7 Å². The lowest BCUT2D eigenvalue weighted by Gasteiger charge is -2.44. The summed E-state index contributed by atoms with van der Waals surface area (Å²) in [6.45, 7) is 16.9. The second kappa shape index (κ2) is 6.36. The number of likely N-dealkylation sites (tertiary alicyclic amines) is 1. The Bertz CT molecular complexity index is 307. The molecular formula is C18H36N2. The molecule has 1 heterocycles. The number of nitrogens with zero attached hydrogens (tertiary/aromatic N) is 1. The Morgan fingerprint density at radius 1 is 1.15 bits per heavy atom. The van der Waals surface area contributed by atoms with E-state index in [1.165, 1.54) is 58.3 Å². The third-order valence-corrected chi connectivity index (χ3v) is 5.25. The molecule has 3 atom stereocenters. The number of rotatable bonds is 4. The van der Waals surface area contributed by atoms with Crippen LogP contribution in [0, 0.1) is 17.3 Å². The summed E-state index contributed by atoms with van der Waals surface area (Å²) in [5.41, 5.74) is 0.765. The van der Waals surface area contributed by atoms with Crippen LogP contribution in [0.3, 0.4) is 0 Å². The van der Waals surface area contributed by atoms with Gasteiger partial charge >= 0.3 is 0 Å². The van der Waals surface area contributed by atoms with Gasteiger partial charge in [0, 0.05) is 25.2 Å². The summed E-state index contributed by atoms with van der Waals surface area (Å²) in [5.74, 6) is 1.81. The van der Waals surface area contributed by atoms with Crippen molar-refractivity contribution in [1.82, 2.24) is 10.2 Å². The minimum absolute atomic E-state index is 0.242. The van der Waals surface area contributed by atoms with E-state index in [0.29, 0.717) is 5.41 Å². The van der Waals surface area contributed by atoms with E-state index in [4.69, 9.17) is 0 Å². The molecule has 3 unspecified atom stereocenters. The fourth-order valence-electron chi connectivity index (χ4n) is 4.23. The Balaban J connectivity index is 1.99. The number of hydrogen-bond acceptors (Lipinski definition) is 2. The zero-order valence-electron chi connectivity index (χ0n) is 14.5. The van der Waals surface area contributed by atoms with E-state index in [0.717, 1.165) is 11.8 Å². The molecule has 0 aromatic heterocycles. The Hall–Kier alpha value is -0.0800. The van der Waals surface area contributed by atoms with Crippen LogP contribution in [-0.2, 0) is 0 Å². The minimum atomic E-state index is 0.242. The van der Waals surface area contributed by atoms with Crippen molar-refractivity contribution in [2.24, 2.45) is 17.3 Å². The van der Waals surface area contributed by atoms with Gasteiger partial charge in [0.25, 0.3) is 0 Å². The van der Waals surface area contributed by atoms with Crippen molar-refractivity contribution in [1.29, 1.82) is 0 Å². The smallest absolute Gasteiger partial charge is 0.00967 e. The van der Waals surface area contributed by atoms with Crippen molar-refractivity contribution in [2.45, 2.75) is 72.3 Å². The minimum Gasteiger partial charge on any atom is -0.311 e. The second-order valence-corrected chi connectivity index (χ2v) is 8.93. The zero-order valence-corrected chi connectivity index (χ0v) is 14.5. The van der Waals surface area contributed by atoms with E-state index in [9.17, 15) is 0 Å². The highest BCUT2D eigenvalue weighted by atomic mass is 15.2. The quantitative estimate of drug-likeness (QED) is 0.840. The highest BCUT2D eigenvalue weighted by molar-refractivity contribution is 4.92. The van der Waals surface area contributed by atoms with Crippen LogP contribution in [0.5, 0.6) is 0 Å². The van der Waals surface area contributed by atoms with Crippen molar-refractivity contribution in [3.63, 3.8) is 0 Å². The third-order valence-electron chi connectivity index (χ3n) is 5.25. The maximum absolute atomic E-state index is 3.81. The van der Waals surface area contributed by atoms with Crippen molar-refractivity contribution in [3.05, 3.63) is 0 Å². The SMILES string of the molecule is CC1CCN(CC2(CNC(C)(C)C)CCCC(C)C2)C1. The predicted molar refractivity (Wildman–Crippen MR) is 88.0 cm³/mol. The zero-order chi connectivity index (χ0) is 14.8. The maximum atomic E-state index is 3.81. The molecule has 1 saturated carbocycles. The Morgan fingerprint density at radius 3 is 2.45 bits per heavy atom. The number of nitrogens with one attached hydrogen (secondary N) is 1. The largest absolute Gasteiger partial charge is 0.311 e. The molecule has 1 N–H and O–H groups in total. The predicted octanol–water partition coefficient (Wildman–Crippen LogP) is 3.91. The van der Waals surface area contributed by atoms with Gasteiger partial charge in [-0.15, -0.1) is 0 Å². The fourth-order valence-corrected chi connectivity index (χ4v) is 4.23. The summed E-state index contributed by atoms with van der Waals surface area (Å²) in [6, 6.07) is 0. The molecule has 1 aliphatic carbocycles. The topological polar surface area (TPSA) is 15.3 Å². The van der Waals surface area contributed by atoms with Gasteiger partial charge in [0.15, 0.2) is 0 Å². The van der Waals surface area contributed by atoms with E-state index in [2.05, 4.69) is 44.8 Å². The van der Waals surface area contributed by atoms with Crippen molar-refractivity contribution >= 4 is 0 Å². The molecule has 0 spiro atoms. The van der Waals surface area contributed by atoms with Gasteiger partial charge < -0.3 is 10.2 Å². The summed E-state index contributed by atoms with van der Waals surface area (Å²) in [6.07, 6.45) is 7.11. The lowest BCUT2D eigenvalue weighted by Crippen LogP contribution is -2.50. The first-order chi connectivity index (χ1) is 9.28. The number of hydrogen-bond donors (Lipinski definition) is 1. The molecule has 2 nitrogen and oxygen atoms in total. The van der Waals surface area contributed by atoms with Gasteiger partial charge in [-0.1, -0.05) is 26.7 Å². The molecule has 2 fully saturated rings. The molecule has 2 aliphatic rings. The molecule has 1 saturated heterocycles. The molecule has 0 bridgehead atoms. The highest BCUT2D eigenvalue weighted by Crippen LogP contribution is 2.40. The first-order valence-corrected chi connectivity index (χ1v) is 8.75. The molecule has 0 radical (unpaired) electrons. The lowest BCUT2D eigenvalue weighted by atomic mass is 9.69. The third kappa shape index (κ3) is 4.73. The summed E-state index contributed by atoms with van der Waals surface area (Å²) < 4.78 is 0. The van der Waals surface area contributed by atoms with Gasteiger partial charge in [0.05, 0.1) is 0 Å². The summed E-state index contributed by atoms with van der Waals surface area (Å²) in [5, 5.41) is 3.81. The first-order valence-electron chi connectivity index (χ1n) is 8.75. The standard InChI is InChI=1S/C18H36N2/c1-15-7-6-9-18(11-15,13-19-17(3,4)5)14-20-10-8-16(2)12-20/h15-16,19H,6-14H2,1-5H3. The van der Waals surface area contributed by atoms with Crippen LogP contribution < -0.4 is 5.32 Å². The molecule has 2 heteroatoms. The summed E-state index contributed by atoms with van der Waals surface area (Å²) >= 11 is 0. The van der Waals surface area contributed by atoms with Crippen molar-refractivity contribution in [3.8, 4) is 0 Å². The molecule has 118 valence electrons. The lowest BCUT2D eigenvalue weighted by molar-refractivity contribution is 0.0826. The Kier molecular flexibility index (Phi) is 5.18. The molecule has 0 aromatic carbocycles. The van der Waals surface area contributed by atoms with Gasteiger partial charge in [-0.05, 0) is 63.8 Å². The van der Waals surface area contributed by atoms with Gasteiger partial charge in [0.2, 0.25) is 0 Å². The molecule has 0 aromatic rings. The van der Waals surface area contributed by atoms with Crippen LogP contribution in [0.4, 0.5) is 0 Å².